The Hall–Kier alpha value is -1.45. The molecule has 2 rings (SSSR count). The van der Waals surface area contributed by atoms with Gasteiger partial charge in [-0.3, -0.25) is 4.79 Å². The molecule has 0 atom stereocenters. The van der Waals surface area contributed by atoms with E-state index in [0.717, 1.165) is 31.2 Å². The average Bonchev–Trinajstić information content (AvgIpc) is 3.10. The van der Waals surface area contributed by atoms with Gasteiger partial charge in [-0.25, -0.2) is 9.97 Å². The SMILES string of the molecule is CCN(CC1CC1)c1ncc(C=O)cn1. The van der Waals surface area contributed by atoms with Crippen molar-refractivity contribution < 1.29 is 4.79 Å². The Morgan fingerprint density at radius 1 is 1.47 bits per heavy atom. The van der Waals surface area contributed by atoms with E-state index in [9.17, 15) is 4.79 Å². The monoisotopic (exact) mass is 205 g/mol. The maximum Gasteiger partial charge on any atom is 0.225 e. The molecular weight excluding hydrogens is 190 g/mol. The highest BCUT2D eigenvalue weighted by atomic mass is 16.1. The smallest absolute Gasteiger partial charge is 0.225 e. The van der Waals surface area contributed by atoms with Crippen LogP contribution in [0.1, 0.15) is 30.1 Å². The number of carbonyl (C=O) groups is 1. The van der Waals surface area contributed by atoms with Gasteiger partial charge in [0.15, 0.2) is 6.29 Å². The molecule has 0 bridgehead atoms. The number of anilines is 1. The predicted octanol–water partition coefficient (Wildman–Crippen LogP) is 1.53. The maximum absolute atomic E-state index is 10.5. The zero-order valence-electron chi connectivity index (χ0n) is 8.89. The van der Waals surface area contributed by atoms with Crippen molar-refractivity contribution in [1.82, 2.24) is 9.97 Å². The van der Waals surface area contributed by atoms with Crippen LogP contribution in [-0.4, -0.2) is 29.3 Å². The average molecular weight is 205 g/mol. The summed E-state index contributed by atoms with van der Waals surface area (Å²) in [5.41, 5.74) is 0.529. The molecule has 0 saturated heterocycles. The number of rotatable bonds is 5. The summed E-state index contributed by atoms with van der Waals surface area (Å²) in [6, 6.07) is 0. The van der Waals surface area contributed by atoms with Crippen molar-refractivity contribution in [3.8, 4) is 0 Å². The van der Waals surface area contributed by atoms with Crippen LogP contribution < -0.4 is 4.90 Å². The molecule has 0 radical (unpaired) electrons. The minimum absolute atomic E-state index is 0.529. The molecule has 15 heavy (non-hydrogen) atoms. The van der Waals surface area contributed by atoms with Crippen molar-refractivity contribution in [3.05, 3.63) is 18.0 Å². The van der Waals surface area contributed by atoms with Gasteiger partial charge in [0.05, 0.1) is 5.56 Å². The first-order valence-electron chi connectivity index (χ1n) is 5.35. The van der Waals surface area contributed by atoms with Crippen molar-refractivity contribution >= 4 is 12.2 Å². The van der Waals surface area contributed by atoms with E-state index in [2.05, 4.69) is 21.8 Å². The molecule has 4 nitrogen and oxygen atoms in total. The van der Waals surface area contributed by atoms with Gasteiger partial charge in [-0.2, -0.15) is 0 Å². The summed E-state index contributed by atoms with van der Waals surface area (Å²) in [5, 5.41) is 0. The van der Waals surface area contributed by atoms with E-state index in [0.29, 0.717) is 5.56 Å². The standard InChI is InChI=1S/C11H15N3O/c1-2-14(7-9-3-4-9)11-12-5-10(8-15)6-13-11/h5-6,8-9H,2-4,7H2,1H3. The normalized spacial score (nSPS) is 15.0. The number of hydrogen-bond donors (Lipinski definition) is 0. The Kier molecular flexibility index (Phi) is 2.94. The van der Waals surface area contributed by atoms with Crippen molar-refractivity contribution in [3.63, 3.8) is 0 Å². The molecule has 4 heteroatoms. The Morgan fingerprint density at radius 3 is 2.60 bits per heavy atom. The molecule has 1 aromatic heterocycles. The van der Waals surface area contributed by atoms with E-state index in [1.165, 1.54) is 12.8 Å². The van der Waals surface area contributed by atoms with Gasteiger partial charge < -0.3 is 4.90 Å². The maximum atomic E-state index is 10.5. The first-order chi connectivity index (χ1) is 7.33. The summed E-state index contributed by atoms with van der Waals surface area (Å²) in [4.78, 5) is 21.0. The van der Waals surface area contributed by atoms with Crippen molar-refractivity contribution in [2.75, 3.05) is 18.0 Å². The highest BCUT2D eigenvalue weighted by Gasteiger charge is 2.24. The highest BCUT2D eigenvalue weighted by Crippen LogP contribution is 2.30. The second-order valence-electron chi connectivity index (χ2n) is 3.92. The molecule has 0 N–H and O–H groups in total. The number of aromatic nitrogens is 2. The lowest BCUT2D eigenvalue weighted by Gasteiger charge is -2.20. The molecular formula is C11H15N3O. The number of carbonyl (C=O) groups excluding carboxylic acids is 1. The molecule has 1 aliphatic carbocycles. The van der Waals surface area contributed by atoms with E-state index >= 15 is 0 Å². The molecule has 0 unspecified atom stereocenters. The molecule has 1 saturated carbocycles. The zero-order valence-corrected chi connectivity index (χ0v) is 8.89. The molecule has 0 spiro atoms. The van der Waals surface area contributed by atoms with Crippen LogP contribution in [0.25, 0.3) is 0 Å². The Bertz CT molecular complexity index is 332. The fraction of sp³-hybridized carbons (Fsp3) is 0.545. The Balaban J connectivity index is 2.06. The number of nitrogens with zero attached hydrogens (tertiary/aromatic N) is 3. The third-order valence-corrected chi connectivity index (χ3v) is 2.63. The summed E-state index contributed by atoms with van der Waals surface area (Å²) in [6.07, 6.45) is 6.56. The summed E-state index contributed by atoms with van der Waals surface area (Å²) in [5.74, 6) is 1.55. The first kappa shape index (κ1) is 10.1. The Labute approximate surface area is 89.3 Å². The zero-order chi connectivity index (χ0) is 10.7. The molecule has 1 heterocycles. The summed E-state index contributed by atoms with van der Waals surface area (Å²) < 4.78 is 0. The van der Waals surface area contributed by atoms with Gasteiger partial charge in [0.2, 0.25) is 5.95 Å². The minimum atomic E-state index is 0.529. The van der Waals surface area contributed by atoms with Crippen LogP contribution in [0.4, 0.5) is 5.95 Å². The molecule has 1 aliphatic rings. The summed E-state index contributed by atoms with van der Waals surface area (Å²) in [6.45, 7) is 4.05. The van der Waals surface area contributed by atoms with Crippen molar-refractivity contribution in [2.24, 2.45) is 5.92 Å². The van der Waals surface area contributed by atoms with E-state index < -0.39 is 0 Å². The van der Waals surface area contributed by atoms with Crippen molar-refractivity contribution in [2.45, 2.75) is 19.8 Å². The highest BCUT2D eigenvalue weighted by molar-refractivity contribution is 5.73. The fourth-order valence-corrected chi connectivity index (χ4v) is 1.52. The van der Waals surface area contributed by atoms with Crippen LogP contribution in [-0.2, 0) is 0 Å². The van der Waals surface area contributed by atoms with Crippen LogP contribution in [0.5, 0.6) is 0 Å². The van der Waals surface area contributed by atoms with Gasteiger partial charge >= 0.3 is 0 Å². The van der Waals surface area contributed by atoms with E-state index in [-0.39, 0.29) is 0 Å². The second-order valence-corrected chi connectivity index (χ2v) is 3.92. The Morgan fingerprint density at radius 2 is 2.13 bits per heavy atom. The lowest BCUT2D eigenvalue weighted by molar-refractivity contribution is 0.112. The largest absolute Gasteiger partial charge is 0.341 e. The van der Waals surface area contributed by atoms with Gasteiger partial charge in [0.1, 0.15) is 0 Å². The molecule has 0 aromatic carbocycles. The van der Waals surface area contributed by atoms with E-state index in [4.69, 9.17) is 0 Å². The van der Waals surface area contributed by atoms with Crippen LogP contribution in [0.3, 0.4) is 0 Å². The van der Waals surface area contributed by atoms with Crippen LogP contribution in [0.15, 0.2) is 12.4 Å². The van der Waals surface area contributed by atoms with Crippen molar-refractivity contribution in [1.29, 1.82) is 0 Å². The minimum Gasteiger partial charge on any atom is -0.341 e. The third kappa shape index (κ3) is 2.52. The first-order valence-corrected chi connectivity index (χ1v) is 5.35. The molecule has 0 aliphatic heterocycles. The topological polar surface area (TPSA) is 46.1 Å². The molecule has 1 aromatic rings. The lowest BCUT2D eigenvalue weighted by atomic mass is 10.3. The number of hydrogen-bond acceptors (Lipinski definition) is 4. The predicted molar refractivity (Wildman–Crippen MR) is 58.0 cm³/mol. The van der Waals surface area contributed by atoms with Crippen LogP contribution in [0.2, 0.25) is 0 Å². The lowest BCUT2D eigenvalue weighted by Crippen LogP contribution is -2.27. The fourth-order valence-electron chi connectivity index (χ4n) is 1.52. The second kappa shape index (κ2) is 4.38. The summed E-state index contributed by atoms with van der Waals surface area (Å²) in [7, 11) is 0. The van der Waals surface area contributed by atoms with Gasteiger partial charge in [0.25, 0.3) is 0 Å². The van der Waals surface area contributed by atoms with Gasteiger partial charge in [-0.15, -0.1) is 0 Å². The van der Waals surface area contributed by atoms with Gasteiger partial charge in [-0.1, -0.05) is 0 Å². The van der Waals surface area contributed by atoms with Gasteiger partial charge in [-0.05, 0) is 25.7 Å². The molecule has 80 valence electrons. The molecule has 1 fully saturated rings. The van der Waals surface area contributed by atoms with E-state index in [1.54, 1.807) is 12.4 Å². The van der Waals surface area contributed by atoms with Crippen LogP contribution in [0, 0.1) is 5.92 Å². The van der Waals surface area contributed by atoms with Gasteiger partial charge in [0, 0.05) is 25.5 Å². The molecule has 0 amide bonds. The van der Waals surface area contributed by atoms with Crippen LogP contribution >= 0.6 is 0 Å². The number of aldehydes is 1. The third-order valence-electron chi connectivity index (χ3n) is 2.63. The van der Waals surface area contributed by atoms with E-state index in [1.807, 2.05) is 0 Å². The quantitative estimate of drug-likeness (QED) is 0.684. The summed E-state index contributed by atoms with van der Waals surface area (Å²) >= 11 is 0.